The van der Waals surface area contributed by atoms with E-state index in [1.807, 2.05) is 0 Å². The summed E-state index contributed by atoms with van der Waals surface area (Å²) < 4.78 is 0. The van der Waals surface area contributed by atoms with Gasteiger partial charge in [0.2, 0.25) is 0 Å². The first kappa shape index (κ1) is 13.8. The van der Waals surface area contributed by atoms with Crippen molar-refractivity contribution in [3.8, 4) is 0 Å². The maximum atomic E-state index is 3.69. The predicted octanol–water partition coefficient (Wildman–Crippen LogP) is 2.88. The number of likely N-dealkylation sites (tertiary alicyclic amines) is 1. The topological polar surface area (TPSA) is 15.3 Å². The van der Waals surface area contributed by atoms with Crippen molar-refractivity contribution in [1.29, 1.82) is 0 Å². The Morgan fingerprint density at radius 1 is 1.33 bits per heavy atom. The summed E-state index contributed by atoms with van der Waals surface area (Å²) in [5.74, 6) is 0.992. The van der Waals surface area contributed by atoms with E-state index in [1.54, 1.807) is 11.1 Å². The highest BCUT2D eigenvalue weighted by Gasteiger charge is 2.50. The number of nitrogens with one attached hydrogen (secondary N) is 1. The Morgan fingerprint density at radius 2 is 2.14 bits per heavy atom. The number of fused-ring (bicyclic) bond motifs is 4. The third kappa shape index (κ3) is 2.15. The number of rotatable bonds is 3. The molecule has 21 heavy (non-hydrogen) atoms. The highest BCUT2D eigenvalue weighted by Crippen LogP contribution is 2.46. The molecule has 2 bridgehead atoms. The monoisotopic (exact) mass is 284 g/mol. The standard InChI is InChI=1S/C19H28N2/c1-13-4-7-15-11-17-18(20-3)19(2,16(15)10-13)8-9-21(17)12-14-5-6-14/h4,7,10,14,17-18,20H,5-6,8-9,11-12H2,1-3H3/t17-,18+,19+/m1/s1. The van der Waals surface area contributed by atoms with E-state index in [9.17, 15) is 0 Å². The lowest BCUT2D eigenvalue weighted by molar-refractivity contribution is 0.0465. The van der Waals surface area contributed by atoms with Gasteiger partial charge in [0.25, 0.3) is 0 Å². The van der Waals surface area contributed by atoms with E-state index >= 15 is 0 Å². The maximum Gasteiger partial charge on any atom is 0.0318 e. The predicted molar refractivity (Wildman–Crippen MR) is 87.8 cm³/mol. The van der Waals surface area contributed by atoms with Gasteiger partial charge in [-0.05, 0) is 63.2 Å². The number of benzene rings is 1. The number of nitrogens with zero attached hydrogens (tertiary/aromatic N) is 1. The first-order chi connectivity index (χ1) is 10.1. The fourth-order valence-electron chi connectivity index (χ4n) is 4.88. The minimum absolute atomic E-state index is 0.305. The maximum absolute atomic E-state index is 3.69. The molecule has 0 aromatic heterocycles. The van der Waals surface area contributed by atoms with Crippen LogP contribution in [0.5, 0.6) is 0 Å². The van der Waals surface area contributed by atoms with Crippen LogP contribution in [0.3, 0.4) is 0 Å². The summed E-state index contributed by atoms with van der Waals surface area (Å²) in [6, 6.07) is 8.42. The molecular weight excluding hydrogens is 256 g/mol. The molecule has 1 saturated carbocycles. The van der Waals surface area contributed by atoms with Crippen LogP contribution in [0.1, 0.15) is 42.9 Å². The third-order valence-corrected chi connectivity index (χ3v) is 6.27. The molecule has 1 aliphatic heterocycles. The Morgan fingerprint density at radius 3 is 2.86 bits per heavy atom. The van der Waals surface area contributed by atoms with Crippen LogP contribution in [0.25, 0.3) is 0 Å². The van der Waals surface area contributed by atoms with Crippen molar-refractivity contribution in [2.75, 3.05) is 20.1 Å². The van der Waals surface area contributed by atoms with Crippen molar-refractivity contribution in [2.45, 2.75) is 57.0 Å². The molecule has 2 fully saturated rings. The molecule has 2 heteroatoms. The highest BCUT2D eigenvalue weighted by molar-refractivity contribution is 5.43. The van der Waals surface area contributed by atoms with E-state index in [2.05, 4.69) is 49.3 Å². The van der Waals surface area contributed by atoms with Gasteiger partial charge in [-0.25, -0.2) is 0 Å². The SMILES string of the molecule is CN[C@H]1[C@H]2Cc3ccc(C)cc3[C@]1(C)CCN2CC1CC1. The van der Waals surface area contributed by atoms with Gasteiger partial charge in [-0.15, -0.1) is 0 Å². The zero-order valence-electron chi connectivity index (χ0n) is 13.7. The Hall–Kier alpha value is -0.860. The third-order valence-electron chi connectivity index (χ3n) is 6.27. The van der Waals surface area contributed by atoms with Gasteiger partial charge in [0.15, 0.2) is 0 Å². The molecule has 3 aliphatic rings. The summed E-state index contributed by atoms with van der Waals surface area (Å²) in [4.78, 5) is 2.80. The van der Waals surface area contributed by atoms with Gasteiger partial charge in [-0.3, -0.25) is 4.90 Å². The van der Waals surface area contributed by atoms with Gasteiger partial charge in [-0.1, -0.05) is 30.7 Å². The van der Waals surface area contributed by atoms with Crippen LogP contribution in [-0.4, -0.2) is 37.1 Å². The van der Waals surface area contributed by atoms with Crippen LogP contribution >= 0.6 is 0 Å². The van der Waals surface area contributed by atoms with Gasteiger partial charge in [0.1, 0.15) is 0 Å². The second kappa shape index (κ2) is 4.82. The lowest BCUT2D eigenvalue weighted by Crippen LogP contribution is -2.66. The van der Waals surface area contributed by atoms with Gasteiger partial charge in [-0.2, -0.15) is 0 Å². The molecule has 2 nitrogen and oxygen atoms in total. The zero-order valence-corrected chi connectivity index (χ0v) is 13.7. The van der Waals surface area contributed by atoms with Gasteiger partial charge in [0, 0.05) is 24.0 Å². The molecule has 0 spiro atoms. The molecule has 3 atom stereocenters. The van der Waals surface area contributed by atoms with E-state index in [0.717, 1.165) is 5.92 Å². The minimum atomic E-state index is 0.305. The summed E-state index contributed by atoms with van der Waals surface area (Å²) in [6.07, 6.45) is 5.43. The molecule has 1 aromatic rings. The summed E-state index contributed by atoms with van der Waals surface area (Å²) in [6.45, 7) is 7.34. The van der Waals surface area contributed by atoms with Gasteiger partial charge in [0.05, 0.1) is 0 Å². The van der Waals surface area contributed by atoms with Crippen molar-refractivity contribution < 1.29 is 0 Å². The molecule has 1 N–H and O–H groups in total. The minimum Gasteiger partial charge on any atom is -0.315 e. The number of piperidine rings is 1. The Labute approximate surface area is 128 Å². The number of hydrogen-bond donors (Lipinski definition) is 1. The molecule has 0 amide bonds. The number of aryl methyl sites for hydroxylation is 1. The van der Waals surface area contributed by atoms with Crippen LogP contribution in [0, 0.1) is 12.8 Å². The van der Waals surface area contributed by atoms with E-state index in [4.69, 9.17) is 0 Å². The average Bonchev–Trinajstić information content (AvgIpc) is 3.27. The summed E-state index contributed by atoms with van der Waals surface area (Å²) in [5, 5.41) is 3.69. The zero-order chi connectivity index (χ0) is 14.6. The lowest BCUT2D eigenvalue weighted by Gasteiger charge is -2.55. The highest BCUT2D eigenvalue weighted by atomic mass is 15.2. The van der Waals surface area contributed by atoms with E-state index < -0.39 is 0 Å². The molecule has 0 radical (unpaired) electrons. The van der Waals surface area contributed by atoms with Crippen molar-refractivity contribution in [3.05, 3.63) is 34.9 Å². The quantitative estimate of drug-likeness (QED) is 0.918. The molecule has 1 heterocycles. The van der Waals surface area contributed by atoms with E-state index in [1.165, 1.54) is 44.3 Å². The van der Waals surface area contributed by atoms with E-state index in [-0.39, 0.29) is 0 Å². The average molecular weight is 284 g/mol. The fourth-order valence-corrected chi connectivity index (χ4v) is 4.88. The van der Waals surface area contributed by atoms with Crippen LogP contribution in [0.2, 0.25) is 0 Å². The number of likely N-dealkylation sites (N-methyl/N-ethyl adjacent to an activating group) is 1. The molecule has 1 saturated heterocycles. The van der Waals surface area contributed by atoms with Crippen LogP contribution in [-0.2, 0) is 11.8 Å². The normalized spacial score (nSPS) is 35.6. The van der Waals surface area contributed by atoms with Crippen molar-refractivity contribution in [2.24, 2.45) is 5.92 Å². The van der Waals surface area contributed by atoms with Crippen LogP contribution in [0.4, 0.5) is 0 Å². The molecule has 0 unspecified atom stereocenters. The molecule has 2 aliphatic carbocycles. The molecule has 1 aromatic carbocycles. The Bertz CT molecular complexity index is 548. The van der Waals surface area contributed by atoms with Crippen LogP contribution in [0.15, 0.2) is 18.2 Å². The summed E-state index contributed by atoms with van der Waals surface area (Å²) in [7, 11) is 2.16. The van der Waals surface area contributed by atoms with E-state index in [0.29, 0.717) is 17.5 Å². The first-order valence-corrected chi connectivity index (χ1v) is 8.63. The second-order valence-electron chi connectivity index (χ2n) is 7.80. The Kier molecular flexibility index (Phi) is 3.16. The Balaban J connectivity index is 1.73. The van der Waals surface area contributed by atoms with Gasteiger partial charge >= 0.3 is 0 Å². The smallest absolute Gasteiger partial charge is 0.0318 e. The number of hydrogen-bond acceptors (Lipinski definition) is 2. The fraction of sp³-hybridized carbons (Fsp3) is 0.684. The van der Waals surface area contributed by atoms with Crippen molar-refractivity contribution in [1.82, 2.24) is 10.2 Å². The van der Waals surface area contributed by atoms with Crippen LogP contribution < -0.4 is 5.32 Å². The lowest BCUT2D eigenvalue weighted by atomic mass is 9.61. The molecular formula is C19H28N2. The largest absolute Gasteiger partial charge is 0.315 e. The summed E-state index contributed by atoms with van der Waals surface area (Å²) >= 11 is 0. The van der Waals surface area contributed by atoms with Crippen molar-refractivity contribution >= 4 is 0 Å². The summed E-state index contributed by atoms with van der Waals surface area (Å²) in [5.41, 5.74) is 4.92. The first-order valence-electron chi connectivity index (χ1n) is 8.63. The second-order valence-corrected chi connectivity index (χ2v) is 7.80. The molecule has 114 valence electrons. The van der Waals surface area contributed by atoms with Gasteiger partial charge < -0.3 is 5.32 Å². The van der Waals surface area contributed by atoms with Crippen molar-refractivity contribution in [3.63, 3.8) is 0 Å². The molecule has 4 rings (SSSR count).